The fraction of sp³-hybridized carbons (Fsp3) is 0.438. The van der Waals surface area contributed by atoms with Gasteiger partial charge in [-0.1, -0.05) is 17.3 Å². The van der Waals surface area contributed by atoms with Crippen molar-refractivity contribution in [3.8, 4) is 11.4 Å². The van der Waals surface area contributed by atoms with E-state index < -0.39 is 12.1 Å². The van der Waals surface area contributed by atoms with E-state index in [9.17, 15) is 18.0 Å². The van der Waals surface area contributed by atoms with Crippen LogP contribution in [0.15, 0.2) is 28.8 Å². The summed E-state index contributed by atoms with van der Waals surface area (Å²) < 4.78 is 41.7. The number of rotatable bonds is 4. The van der Waals surface area contributed by atoms with Gasteiger partial charge in [0.2, 0.25) is 5.82 Å². The number of benzene rings is 1. The fourth-order valence-corrected chi connectivity index (χ4v) is 2.93. The van der Waals surface area contributed by atoms with Crippen molar-refractivity contribution in [2.75, 3.05) is 20.1 Å². The first-order valence-electron chi connectivity index (χ1n) is 7.87. The largest absolute Gasteiger partial charge is 0.471 e. The summed E-state index contributed by atoms with van der Waals surface area (Å²) in [4.78, 5) is 17.8. The quantitative estimate of drug-likeness (QED) is 0.914. The Hall–Kier alpha value is -2.42. The normalized spacial score (nSPS) is 17.9. The average Bonchev–Trinajstić information content (AvgIpc) is 3.24. The lowest BCUT2D eigenvalue weighted by Crippen LogP contribution is -2.40. The molecule has 2 heterocycles. The number of carbonyl (C=O) groups is 1. The van der Waals surface area contributed by atoms with E-state index in [1.165, 1.54) is 12.1 Å². The summed E-state index contributed by atoms with van der Waals surface area (Å²) in [6.45, 7) is 1.43. The van der Waals surface area contributed by atoms with Crippen molar-refractivity contribution in [2.24, 2.45) is 0 Å². The van der Waals surface area contributed by atoms with Crippen LogP contribution in [0.1, 0.15) is 29.1 Å². The fourth-order valence-electron chi connectivity index (χ4n) is 2.93. The zero-order valence-corrected chi connectivity index (χ0v) is 13.5. The molecule has 6 nitrogen and oxygen atoms in total. The van der Waals surface area contributed by atoms with Crippen LogP contribution >= 0.6 is 0 Å². The minimum Gasteiger partial charge on any atom is -0.334 e. The monoisotopic (exact) mass is 354 g/mol. The van der Waals surface area contributed by atoms with Crippen LogP contribution < -0.4 is 5.32 Å². The van der Waals surface area contributed by atoms with Crippen LogP contribution in [-0.4, -0.2) is 47.1 Å². The van der Waals surface area contributed by atoms with E-state index in [4.69, 9.17) is 0 Å². The van der Waals surface area contributed by atoms with Gasteiger partial charge in [-0.25, -0.2) is 0 Å². The van der Waals surface area contributed by atoms with Gasteiger partial charge in [0.05, 0.1) is 0 Å². The number of hydrogen-bond donors (Lipinski definition) is 1. The number of likely N-dealkylation sites (tertiary alicyclic amines) is 1. The Morgan fingerprint density at radius 2 is 2.08 bits per heavy atom. The van der Waals surface area contributed by atoms with Crippen molar-refractivity contribution in [3.05, 3.63) is 35.7 Å². The second kappa shape index (κ2) is 6.83. The first kappa shape index (κ1) is 17.4. The Bertz CT molecular complexity index is 743. The van der Waals surface area contributed by atoms with E-state index in [2.05, 4.69) is 20.0 Å². The van der Waals surface area contributed by atoms with E-state index in [0.717, 1.165) is 19.4 Å². The number of alkyl halides is 3. The van der Waals surface area contributed by atoms with E-state index in [1.54, 1.807) is 12.1 Å². The SMILES string of the molecule is CNC[C@H]1CCCN1C(=O)c1ccc(-c2noc(C(F)(F)F)n2)cc1. The second-order valence-corrected chi connectivity index (χ2v) is 5.85. The molecule has 1 atom stereocenters. The molecule has 3 rings (SSSR count). The van der Waals surface area contributed by atoms with Crippen molar-refractivity contribution < 1.29 is 22.5 Å². The molecule has 1 aromatic heterocycles. The highest BCUT2D eigenvalue weighted by Crippen LogP contribution is 2.29. The third-order valence-corrected chi connectivity index (χ3v) is 4.14. The summed E-state index contributed by atoms with van der Waals surface area (Å²) in [7, 11) is 1.84. The molecule has 1 aliphatic heterocycles. The third-order valence-electron chi connectivity index (χ3n) is 4.14. The maximum absolute atomic E-state index is 12.6. The van der Waals surface area contributed by atoms with Gasteiger partial charge >= 0.3 is 12.1 Å². The molecule has 0 spiro atoms. The van der Waals surface area contributed by atoms with Crippen LogP contribution in [-0.2, 0) is 6.18 Å². The zero-order chi connectivity index (χ0) is 18.0. The van der Waals surface area contributed by atoms with Gasteiger partial charge in [-0.3, -0.25) is 4.79 Å². The first-order chi connectivity index (χ1) is 11.9. The number of likely N-dealkylation sites (N-methyl/N-ethyl adjacent to an activating group) is 1. The molecule has 1 N–H and O–H groups in total. The minimum atomic E-state index is -4.68. The molecule has 0 aliphatic carbocycles. The molecule has 1 saturated heterocycles. The van der Waals surface area contributed by atoms with Crippen molar-refractivity contribution in [2.45, 2.75) is 25.1 Å². The van der Waals surface area contributed by atoms with Gasteiger partial charge in [0, 0.05) is 30.3 Å². The van der Waals surface area contributed by atoms with Crippen molar-refractivity contribution in [1.82, 2.24) is 20.4 Å². The zero-order valence-electron chi connectivity index (χ0n) is 13.5. The standard InChI is InChI=1S/C16H17F3N4O2/c1-20-9-12-3-2-8-23(12)14(24)11-6-4-10(5-7-11)13-21-15(25-22-13)16(17,18)19/h4-7,12,20H,2-3,8-9H2,1H3/t12-/m1/s1. The molecule has 25 heavy (non-hydrogen) atoms. The molecular formula is C16H17F3N4O2. The number of carbonyl (C=O) groups excluding carboxylic acids is 1. The van der Waals surface area contributed by atoms with Gasteiger partial charge in [-0.2, -0.15) is 18.2 Å². The topological polar surface area (TPSA) is 71.3 Å². The highest BCUT2D eigenvalue weighted by atomic mass is 19.4. The summed E-state index contributed by atoms with van der Waals surface area (Å²) in [6, 6.07) is 6.32. The molecule has 134 valence electrons. The van der Waals surface area contributed by atoms with Crippen LogP contribution in [0, 0.1) is 0 Å². The van der Waals surface area contributed by atoms with E-state index >= 15 is 0 Å². The summed E-state index contributed by atoms with van der Waals surface area (Å²) in [5.74, 6) is -1.65. The van der Waals surface area contributed by atoms with Gasteiger partial charge in [0.1, 0.15) is 0 Å². The maximum atomic E-state index is 12.6. The summed E-state index contributed by atoms with van der Waals surface area (Å²) >= 11 is 0. The van der Waals surface area contributed by atoms with Gasteiger partial charge in [0.25, 0.3) is 5.91 Å². The predicted molar refractivity (Wildman–Crippen MR) is 82.7 cm³/mol. The second-order valence-electron chi connectivity index (χ2n) is 5.85. The Morgan fingerprint density at radius 1 is 1.36 bits per heavy atom. The lowest BCUT2D eigenvalue weighted by Gasteiger charge is -2.24. The minimum absolute atomic E-state index is 0.0895. The molecule has 0 radical (unpaired) electrons. The van der Waals surface area contributed by atoms with Crippen LogP contribution in [0.3, 0.4) is 0 Å². The smallest absolute Gasteiger partial charge is 0.334 e. The molecule has 1 aliphatic rings. The molecule has 0 unspecified atom stereocenters. The van der Waals surface area contributed by atoms with Crippen LogP contribution in [0.25, 0.3) is 11.4 Å². The van der Waals surface area contributed by atoms with Gasteiger partial charge in [-0.05, 0) is 32.0 Å². The highest BCUT2D eigenvalue weighted by Gasteiger charge is 2.38. The maximum Gasteiger partial charge on any atom is 0.471 e. The van der Waals surface area contributed by atoms with Gasteiger partial charge < -0.3 is 14.7 Å². The predicted octanol–water partition coefficient (Wildman–Crippen LogP) is 2.58. The van der Waals surface area contributed by atoms with Crippen molar-refractivity contribution in [1.29, 1.82) is 0 Å². The highest BCUT2D eigenvalue weighted by molar-refractivity contribution is 5.95. The number of amides is 1. The molecule has 1 fully saturated rings. The average molecular weight is 354 g/mol. The number of nitrogens with one attached hydrogen (secondary N) is 1. The van der Waals surface area contributed by atoms with Gasteiger partial charge in [-0.15, -0.1) is 0 Å². The molecule has 0 saturated carbocycles. The first-order valence-corrected chi connectivity index (χ1v) is 7.87. The number of hydrogen-bond acceptors (Lipinski definition) is 5. The third kappa shape index (κ3) is 3.65. The summed E-state index contributed by atoms with van der Waals surface area (Å²) in [5.41, 5.74) is 0.829. The molecule has 9 heteroatoms. The Balaban J connectivity index is 1.76. The van der Waals surface area contributed by atoms with Crippen LogP contribution in [0.2, 0.25) is 0 Å². The number of nitrogens with zero attached hydrogens (tertiary/aromatic N) is 3. The van der Waals surface area contributed by atoms with Gasteiger partial charge in [0.15, 0.2) is 0 Å². The van der Waals surface area contributed by atoms with Crippen molar-refractivity contribution in [3.63, 3.8) is 0 Å². The molecule has 2 aromatic rings. The molecule has 1 aromatic carbocycles. The lowest BCUT2D eigenvalue weighted by atomic mass is 10.1. The number of halogens is 3. The van der Waals surface area contributed by atoms with E-state index in [-0.39, 0.29) is 17.8 Å². The molecular weight excluding hydrogens is 337 g/mol. The number of aromatic nitrogens is 2. The van der Waals surface area contributed by atoms with E-state index in [0.29, 0.717) is 17.7 Å². The summed E-state index contributed by atoms with van der Waals surface area (Å²) in [5, 5.41) is 6.41. The molecule has 1 amide bonds. The van der Waals surface area contributed by atoms with Crippen LogP contribution in [0.4, 0.5) is 13.2 Å². The van der Waals surface area contributed by atoms with Crippen LogP contribution in [0.5, 0.6) is 0 Å². The summed E-state index contributed by atoms with van der Waals surface area (Å²) in [6.07, 6.45) is -2.77. The Kier molecular flexibility index (Phi) is 4.76. The van der Waals surface area contributed by atoms with Crippen molar-refractivity contribution >= 4 is 5.91 Å². The lowest BCUT2D eigenvalue weighted by molar-refractivity contribution is -0.159. The Labute approximate surface area is 142 Å². The Morgan fingerprint density at radius 3 is 2.68 bits per heavy atom. The van der Waals surface area contributed by atoms with E-state index in [1.807, 2.05) is 11.9 Å². The molecule has 0 bridgehead atoms.